The molecule has 0 fully saturated rings. The van der Waals surface area contributed by atoms with Crippen LogP contribution in [0, 0.1) is 17.3 Å². The molecule has 0 bridgehead atoms. The second kappa shape index (κ2) is 6.76. The van der Waals surface area contributed by atoms with Crippen molar-refractivity contribution in [2.45, 2.75) is 6.92 Å². The number of nitrogens with zero attached hydrogens (tertiary/aromatic N) is 2. The number of nitrogens with one attached hydrogen (secondary N) is 1. The summed E-state index contributed by atoms with van der Waals surface area (Å²) < 4.78 is 18.9. The van der Waals surface area contributed by atoms with Gasteiger partial charge in [-0.2, -0.15) is 5.26 Å². The summed E-state index contributed by atoms with van der Waals surface area (Å²) in [4.78, 5) is 4.03. The van der Waals surface area contributed by atoms with Crippen LogP contribution < -0.4 is 10.1 Å². The fourth-order valence-corrected chi connectivity index (χ4v) is 1.48. The van der Waals surface area contributed by atoms with Crippen LogP contribution in [0.5, 0.6) is 5.75 Å². The van der Waals surface area contributed by atoms with Gasteiger partial charge >= 0.3 is 0 Å². The van der Waals surface area contributed by atoms with Gasteiger partial charge in [-0.05, 0) is 25.3 Å². The van der Waals surface area contributed by atoms with Crippen molar-refractivity contribution in [1.29, 1.82) is 5.26 Å². The number of rotatable bonds is 3. The van der Waals surface area contributed by atoms with E-state index in [1.807, 2.05) is 0 Å². The van der Waals surface area contributed by atoms with Crippen LogP contribution in [0.1, 0.15) is 6.92 Å². The quantitative estimate of drug-likeness (QED) is 0.389. The molecule has 0 heterocycles. The maximum absolute atomic E-state index is 13.6. The Labute approximate surface area is 103 Å². The first-order valence-electron chi connectivity index (χ1n) is 4.92. The van der Waals surface area contributed by atoms with Crippen molar-refractivity contribution in [1.82, 2.24) is 5.32 Å². The molecule has 6 heteroatoms. The van der Waals surface area contributed by atoms with Gasteiger partial charge in [0.05, 0.1) is 6.61 Å². The van der Waals surface area contributed by atoms with E-state index >= 15 is 0 Å². The second-order valence-corrected chi connectivity index (χ2v) is 3.67. The van der Waals surface area contributed by atoms with Crippen LogP contribution in [-0.2, 0) is 0 Å². The highest BCUT2D eigenvalue weighted by atomic mass is 32.2. The van der Waals surface area contributed by atoms with E-state index in [1.54, 1.807) is 31.5 Å². The summed E-state index contributed by atoms with van der Waals surface area (Å²) in [5, 5.41) is 11.2. The molecule has 1 N–H and O–H groups in total. The Balaban J connectivity index is 3.15. The summed E-state index contributed by atoms with van der Waals surface area (Å²) in [6, 6.07) is 4.48. The van der Waals surface area contributed by atoms with Gasteiger partial charge in [0.2, 0.25) is 0 Å². The SMILES string of the molecule is CCOc1cccc(F)c1N=C(NC#N)SC. The zero-order valence-electron chi connectivity index (χ0n) is 9.53. The molecule has 17 heavy (non-hydrogen) atoms. The molecule has 0 unspecified atom stereocenters. The Bertz CT molecular complexity index is 457. The average molecular weight is 253 g/mol. The van der Waals surface area contributed by atoms with Crippen LogP contribution in [0.2, 0.25) is 0 Å². The number of aliphatic imine (C=N–C) groups is 1. The van der Waals surface area contributed by atoms with Gasteiger partial charge < -0.3 is 4.74 Å². The molecule has 0 radical (unpaired) electrons. The number of para-hydroxylation sites is 1. The minimum atomic E-state index is -0.484. The molecule has 0 atom stereocenters. The Kier molecular flexibility index (Phi) is 5.30. The topological polar surface area (TPSA) is 57.4 Å². The number of nitriles is 1. The third-order valence-corrected chi connectivity index (χ3v) is 2.40. The first kappa shape index (κ1) is 13.3. The van der Waals surface area contributed by atoms with Gasteiger partial charge in [-0.15, -0.1) is 0 Å². The normalized spacial score (nSPS) is 10.8. The molecular weight excluding hydrogens is 241 g/mol. The molecule has 1 aromatic carbocycles. The third kappa shape index (κ3) is 3.64. The number of halogens is 1. The van der Waals surface area contributed by atoms with E-state index in [0.29, 0.717) is 17.5 Å². The fourth-order valence-electron chi connectivity index (χ4n) is 1.15. The fraction of sp³-hybridized carbons (Fsp3) is 0.273. The summed E-state index contributed by atoms with van der Waals surface area (Å²) in [6.07, 6.45) is 3.49. The summed E-state index contributed by atoms with van der Waals surface area (Å²) in [5.74, 6) is -0.124. The Morgan fingerprint density at radius 2 is 2.41 bits per heavy atom. The van der Waals surface area contributed by atoms with Gasteiger partial charge in [0.1, 0.15) is 11.4 Å². The van der Waals surface area contributed by atoms with Crippen molar-refractivity contribution < 1.29 is 9.13 Å². The summed E-state index contributed by atoms with van der Waals surface area (Å²) in [6.45, 7) is 2.23. The van der Waals surface area contributed by atoms with E-state index in [0.717, 1.165) is 0 Å². The van der Waals surface area contributed by atoms with Crippen LogP contribution in [0.25, 0.3) is 0 Å². The zero-order valence-corrected chi connectivity index (χ0v) is 10.3. The lowest BCUT2D eigenvalue weighted by atomic mass is 10.3. The van der Waals surface area contributed by atoms with Crippen molar-refractivity contribution in [2.75, 3.05) is 12.9 Å². The number of ether oxygens (including phenoxy) is 1. The van der Waals surface area contributed by atoms with E-state index in [-0.39, 0.29) is 5.69 Å². The minimum Gasteiger partial charge on any atom is -0.491 e. The summed E-state index contributed by atoms with van der Waals surface area (Å²) >= 11 is 1.22. The summed E-state index contributed by atoms with van der Waals surface area (Å²) in [5.41, 5.74) is 0.0986. The third-order valence-electron chi connectivity index (χ3n) is 1.82. The van der Waals surface area contributed by atoms with E-state index < -0.39 is 5.82 Å². The molecule has 0 aliphatic rings. The first-order valence-corrected chi connectivity index (χ1v) is 6.14. The van der Waals surface area contributed by atoms with Crippen LogP contribution in [-0.4, -0.2) is 18.0 Å². The van der Waals surface area contributed by atoms with Gasteiger partial charge in [0, 0.05) is 0 Å². The highest BCUT2D eigenvalue weighted by Gasteiger charge is 2.09. The lowest BCUT2D eigenvalue weighted by molar-refractivity contribution is 0.340. The first-order chi connectivity index (χ1) is 8.22. The zero-order chi connectivity index (χ0) is 12.7. The Hall–Kier alpha value is -1.74. The van der Waals surface area contributed by atoms with Crippen molar-refractivity contribution in [3.63, 3.8) is 0 Å². The maximum atomic E-state index is 13.6. The lowest BCUT2D eigenvalue weighted by Crippen LogP contribution is -2.12. The van der Waals surface area contributed by atoms with E-state index in [9.17, 15) is 4.39 Å². The highest BCUT2D eigenvalue weighted by molar-refractivity contribution is 8.13. The number of benzene rings is 1. The van der Waals surface area contributed by atoms with Gasteiger partial charge in [0.25, 0.3) is 0 Å². The Morgan fingerprint density at radius 3 is 3.00 bits per heavy atom. The standard InChI is InChI=1S/C11H12FN3OS/c1-3-16-9-6-4-5-8(12)10(9)15-11(17-2)14-7-13/h4-6H,3H2,1-2H3,(H,14,15). The molecule has 4 nitrogen and oxygen atoms in total. The van der Waals surface area contributed by atoms with Gasteiger partial charge in [-0.25, -0.2) is 9.38 Å². The van der Waals surface area contributed by atoms with Gasteiger partial charge in [0.15, 0.2) is 17.2 Å². The maximum Gasteiger partial charge on any atom is 0.183 e. The molecule has 90 valence electrons. The molecule has 1 aromatic rings. The van der Waals surface area contributed by atoms with Gasteiger partial charge in [-0.3, -0.25) is 5.32 Å². The molecule has 0 amide bonds. The molecule has 0 aliphatic heterocycles. The number of hydrogen-bond donors (Lipinski definition) is 1. The summed E-state index contributed by atoms with van der Waals surface area (Å²) in [7, 11) is 0. The molecule has 0 aliphatic carbocycles. The predicted molar refractivity (Wildman–Crippen MR) is 66.9 cm³/mol. The second-order valence-electron chi connectivity index (χ2n) is 2.88. The Morgan fingerprint density at radius 1 is 1.65 bits per heavy atom. The van der Waals surface area contributed by atoms with Crippen LogP contribution in [0.4, 0.5) is 10.1 Å². The molecule has 0 saturated carbocycles. The van der Waals surface area contributed by atoms with Crippen LogP contribution in [0.15, 0.2) is 23.2 Å². The van der Waals surface area contributed by atoms with Gasteiger partial charge in [-0.1, -0.05) is 17.8 Å². The molecular formula is C11H12FN3OS. The monoisotopic (exact) mass is 253 g/mol. The number of hydrogen-bond acceptors (Lipinski definition) is 4. The van der Waals surface area contributed by atoms with Crippen LogP contribution >= 0.6 is 11.8 Å². The minimum absolute atomic E-state index is 0.0986. The van der Waals surface area contributed by atoms with Crippen molar-refractivity contribution in [3.05, 3.63) is 24.0 Å². The molecule has 0 aromatic heterocycles. The van der Waals surface area contributed by atoms with Crippen molar-refractivity contribution >= 4 is 22.6 Å². The van der Waals surface area contributed by atoms with Crippen molar-refractivity contribution in [3.8, 4) is 11.9 Å². The molecule has 1 rings (SSSR count). The molecule has 0 saturated heterocycles. The number of amidine groups is 1. The largest absolute Gasteiger partial charge is 0.491 e. The van der Waals surface area contributed by atoms with E-state index in [1.165, 1.54) is 17.8 Å². The predicted octanol–water partition coefficient (Wildman–Crippen LogP) is 2.65. The number of thioether (sulfide) groups is 1. The smallest absolute Gasteiger partial charge is 0.183 e. The lowest BCUT2D eigenvalue weighted by Gasteiger charge is -2.08. The van der Waals surface area contributed by atoms with E-state index in [2.05, 4.69) is 10.3 Å². The van der Waals surface area contributed by atoms with Crippen molar-refractivity contribution in [2.24, 2.45) is 4.99 Å². The van der Waals surface area contributed by atoms with Crippen LogP contribution in [0.3, 0.4) is 0 Å². The van der Waals surface area contributed by atoms with E-state index in [4.69, 9.17) is 10.00 Å². The average Bonchev–Trinajstić information content (AvgIpc) is 2.32. The molecule has 0 spiro atoms. The highest BCUT2D eigenvalue weighted by Crippen LogP contribution is 2.31.